The summed E-state index contributed by atoms with van der Waals surface area (Å²) in [4.78, 5) is 12.1. The minimum atomic E-state index is -0.953. The van der Waals surface area contributed by atoms with Crippen molar-refractivity contribution in [3.63, 3.8) is 0 Å². The summed E-state index contributed by atoms with van der Waals surface area (Å²) in [5.74, 6) is -0.347. The summed E-state index contributed by atoms with van der Waals surface area (Å²) in [6.07, 6.45) is 5.09. The zero-order valence-electron chi connectivity index (χ0n) is 18.1. The van der Waals surface area contributed by atoms with Gasteiger partial charge >= 0.3 is 5.97 Å². The molecule has 0 amide bonds. The van der Waals surface area contributed by atoms with Gasteiger partial charge in [-0.25, -0.2) is 4.79 Å². The van der Waals surface area contributed by atoms with Gasteiger partial charge in [-0.1, -0.05) is 31.5 Å². The lowest BCUT2D eigenvalue weighted by atomic mass is 9.86. The number of aromatic carboxylic acids is 1. The van der Waals surface area contributed by atoms with Crippen LogP contribution < -0.4 is 10.7 Å². The van der Waals surface area contributed by atoms with Gasteiger partial charge in [0.25, 0.3) is 0 Å². The summed E-state index contributed by atoms with van der Waals surface area (Å²) < 4.78 is 6.44. The number of benzene rings is 3. The van der Waals surface area contributed by atoms with E-state index in [9.17, 15) is 9.90 Å². The Balaban J connectivity index is 1.95. The first-order chi connectivity index (χ1) is 15.6. The van der Waals surface area contributed by atoms with E-state index in [0.29, 0.717) is 16.7 Å². The van der Waals surface area contributed by atoms with Crippen LogP contribution in [-0.4, -0.2) is 17.6 Å². The van der Waals surface area contributed by atoms with E-state index in [-0.39, 0.29) is 5.56 Å². The molecular weight excluding hydrogens is 400 g/mol. The highest BCUT2D eigenvalue weighted by Gasteiger charge is 2.25. The minimum Gasteiger partial charge on any atom is -0.478 e. The molecule has 3 N–H and O–H groups in total. The molecule has 0 bridgehead atoms. The van der Waals surface area contributed by atoms with Gasteiger partial charge in [-0.15, -0.1) is 0 Å². The Labute approximate surface area is 186 Å². The standard InChI is InChI=1S/C27H26N2O3/c1-2-3-7-16-14-22-24(18-8-4-5-9-19(18)27(30)31)20-12-11-17(28)15-23(20)32-26(22)21-10-6-13-29-25(16)21/h4-5,8-9,11-12,14-15,28-29H,2-3,6-7,10,13H2,1H3,(H,30,31). The summed E-state index contributed by atoms with van der Waals surface area (Å²) in [7, 11) is 0. The number of aryl methyl sites for hydroxylation is 2. The maximum atomic E-state index is 12.1. The number of carboxylic acids is 1. The normalized spacial score (nSPS) is 13.2. The van der Waals surface area contributed by atoms with Gasteiger partial charge in [-0.2, -0.15) is 0 Å². The number of hydrogen-bond donors (Lipinski definition) is 3. The summed E-state index contributed by atoms with van der Waals surface area (Å²) in [6, 6.07) is 14.7. The molecule has 2 heterocycles. The number of carboxylic acid groups (broad SMARTS) is 1. The van der Waals surface area contributed by atoms with Crippen LogP contribution >= 0.6 is 0 Å². The molecule has 3 aliphatic rings. The molecule has 32 heavy (non-hydrogen) atoms. The highest BCUT2D eigenvalue weighted by atomic mass is 16.4. The third kappa shape index (κ3) is 3.34. The third-order valence-corrected chi connectivity index (χ3v) is 6.32. The summed E-state index contributed by atoms with van der Waals surface area (Å²) in [5, 5.41) is 22.9. The number of fused-ring (bicyclic) bond motifs is 4. The van der Waals surface area contributed by atoms with Gasteiger partial charge in [0.2, 0.25) is 0 Å². The number of unbranched alkanes of at least 4 members (excludes halogenated alkanes) is 1. The average molecular weight is 427 g/mol. The smallest absolute Gasteiger partial charge is 0.336 e. The van der Waals surface area contributed by atoms with Gasteiger partial charge in [-0.3, -0.25) is 0 Å². The van der Waals surface area contributed by atoms with Crippen LogP contribution in [0.25, 0.3) is 33.4 Å². The Morgan fingerprint density at radius 2 is 2.00 bits per heavy atom. The van der Waals surface area contributed by atoms with Gasteiger partial charge in [0.05, 0.1) is 10.9 Å². The monoisotopic (exact) mass is 426 g/mol. The second-order valence-corrected chi connectivity index (χ2v) is 8.44. The topological polar surface area (TPSA) is 86.3 Å². The van der Waals surface area contributed by atoms with Crippen molar-refractivity contribution in [1.82, 2.24) is 0 Å². The van der Waals surface area contributed by atoms with Crippen LogP contribution in [0.5, 0.6) is 0 Å². The van der Waals surface area contributed by atoms with E-state index >= 15 is 0 Å². The zero-order chi connectivity index (χ0) is 22.2. The maximum Gasteiger partial charge on any atom is 0.336 e. The Morgan fingerprint density at radius 3 is 2.81 bits per heavy atom. The van der Waals surface area contributed by atoms with Gasteiger partial charge in [0, 0.05) is 40.4 Å². The fourth-order valence-electron chi connectivity index (χ4n) is 4.83. The van der Waals surface area contributed by atoms with Crippen LogP contribution in [0.2, 0.25) is 0 Å². The molecule has 0 unspecified atom stereocenters. The molecule has 2 aliphatic heterocycles. The Hall–Kier alpha value is -3.60. The lowest BCUT2D eigenvalue weighted by molar-refractivity contribution is 0.0697. The number of nitrogens with one attached hydrogen (secondary N) is 2. The van der Waals surface area contributed by atoms with E-state index < -0.39 is 5.97 Å². The van der Waals surface area contributed by atoms with Crippen LogP contribution in [-0.2, 0) is 12.8 Å². The van der Waals surface area contributed by atoms with Crippen molar-refractivity contribution in [2.75, 3.05) is 11.9 Å². The van der Waals surface area contributed by atoms with Crippen LogP contribution in [0.3, 0.4) is 0 Å². The minimum absolute atomic E-state index is 0.266. The molecule has 0 spiro atoms. The molecule has 0 radical (unpaired) electrons. The summed E-state index contributed by atoms with van der Waals surface area (Å²) in [5.41, 5.74) is 7.01. The molecule has 162 valence electrons. The number of rotatable bonds is 5. The van der Waals surface area contributed by atoms with Crippen LogP contribution in [0.1, 0.15) is 47.7 Å². The first kappa shape index (κ1) is 20.3. The van der Waals surface area contributed by atoms with Gasteiger partial charge in [0.15, 0.2) is 0 Å². The summed E-state index contributed by atoms with van der Waals surface area (Å²) in [6.45, 7) is 3.13. The van der Waals surface area contributed by atoms with Crippen LogP contribution in [0.15, 0.2) is 52.9 Å². The SMILES string of the molecule is CCCCc1cc2c(-c3ccccc3C(=O)O)c3ccc(=N)cc-3oc2c2c1NCCC2. The zero-order valence-corrected chi connectivity index (χ0v) is 18.1. The average Bonchev–Trinajstić information content (AvgIpc) is 2.81. The van der Waals surface area contributed by atoms with Crippen molar-refractivity contribution in [3.8, 4) is 22.5 Å². The second-order valence-electron chi connectivity index (χ2n) is 8.44. The predicted molar refractivity (Wildman–Crippen MR) is 127 cm³/mol. The van der Waals surface area contributed by atoms with E-state index in [0.717, 1.165) is 66.3 Å². The summed E-state index contributed by atoms with van der Waals surface area (Å²) >= 11 is 0. The van der Waals surface area contributed by atoms with Gasteiger partial charge in [0.1, 0.15) is 11.3 Å². The molecule has 5 nitrogen and oxygen atoms in total. The van der Waals surface area contributed by atoms with E-state index in [2.05, 4.69) is 18.3 Å². The number of carbonyl (C=O) groups is 1. The molecule has 1 aliphatic carbocycles. The van der Waals surface area contributed by atoms with Gasteiger partial charge in [-0.05, 0) is 61.1 Å². The van der Waals surface area contributed by atoms with E-state index in [1.165, 1.54) is 11.3 Å². The molecule has 0 atom stereocenters. The third-order valence-electron chi connectivity index (χ3n) is 6.32. The fraction of sp³-hybridized carbons (Fsp3) is 0.259. The fourth-order valence-corrected chi connectivity index (χ4v) is 4.83. The molecule has 0 saturated heterocycles. The molecule has 2 aromatic carbocycles. The van der Waals surface area contributed by atoms with E-state index in [4.69, 9.17) is 9.83 Å². The number of hydrogen-bond acceptors (Lipinski definition) is 4. The van der Waals surface area contributed by atoms with Crippen LogP contribution in [0.4, 0.5) is 5.69 Å². The molecule has 0 aromatic heterocycles. The molecular formula is C27H26N2O3. The highest BCUT2D eigenvalue weighted by molar-refractivity contribution is 6.09. The van der Waals surface area contributed by atoms with E-state index in [1.54, 1.807) is 24.3 Å². The second kappa shape index (κ2) is 8.15. The lowest BCUT2D eigenvalue weighted by Crippen LogP contribution is -2.15. The Morgan fingerprint density at radius 1 is 1.16 bits per heavy atom. The first-order valence-electron chi connectivity index (χ1n) is 11.2. The molecule has 0 fully saturated rings. The maximum absolute atomic E-state index is 12.1. The lowest BCUT2D eigenvalue weighted by Gasteiger charge is -2.25. The van der Waals surface area contributed by atoms with Crippen LogP contribution in [0, 0.1) is 5.41 Å². The van der Waals surface area contributed by atoms with Gasteiger partial charge < -0.3 is 20.2 Å². The van der Waals surface area contributed by atoms with E-state index in [1.807, 2.05) is 18.2 Å². The van der Waals surface area contributed by atoms with Crippen molar-refractivity contribution >= 4 is 22.6 Å². The number of anilines is 1. The quantitative estimate of drug-likeness (QED) is 0.337. The van der Waals surface area contributed by atoms with Crippen molar-refractivity contribution < 1.29 is 14.3 Å². The Bertz CT molecular complexity index is 1370. The largest absolute Gasteiger partial charge is 0.478 e. The highest BCUT2D eigenvalue weighted by Crippen LogP contribution is 2.45. The van der Waals surface area contributed by atoms with Crippen molar-refractivity contribution in [2.24, 2.45) is 0 Å². The van der Waals surface area contributed by atoms with Crippen molar-refractivity contribution in [3.05, 3.63) is 70.6 Å². The first-order valence-corrected chi connectivity index (χ1v) is 11.2. The molecule has 2 aromatic rings. The molecule has 5 rings (SSSR count). The molecule has 0 saturated carbocycles. The van der Waals surface area contributed by atoms with Crippen molar-refractivity contribution in [1.29, 1.82) is 5.41 Å². The van der Waals surface area contributed by atoms with Crippen molar-refractivity contribution in [2.45, 2.75) is 39.0 Å². The Kier molecular flexibility index (Phi) is 5.17. The predicted octanol–water partition coefficient (Wildman–Crippen LogP) is 6.08. The molecule has 5 heteroatoms.